The van der Waals surface area contributed by atoms with Crippen LogP contribution < -0.4 is 10.1 Å². The van der Waals surface area contributed by atoms with Crippen molar-refractivity contribution >= 4 is 31.7 Å². The Balaban J connectivity index is 1.46. The molecule has 2 heterocycles. The van der Waals surface area contributed by atoms with Gasteiger partial charge in [-0.2, -0.15) is 0 Å². The summed E-state index contributed by atoms with van der Waals surface area (Å²) < 4.78 is 37.7. The first-order valence-electron chi connectivity index (χ1n) is 12.2. The lowest BCUT2D eigenvalue weighted by molar-refractivity contribution is 0.0892. The van der Waals surface area contributed by atoms with Crippen molar-refractivity contribution in [1.29, 1.82) is 0 Å². The molecule has 0 saturated carbocycles. The Bertz CT molecular complexity index is 1250. The molecule has 1 fully saturated rings. The van der Waals surface area contributed by atoms with Crippen molar-refractivity contribution in [2.45, 2.75) is 48.6 Å². The Kier molecular flexibility index (Phi) is 8.87. The molecule has 1 aromatic heterocycles. The van der Waals surface area contributed by atoms with Crippen LogP contribution in [-0.4, -0.2) is 45.5 Å². The number of likely N-dealkylation sites (tertiary alicyclic amines) is 1. The number of halogens is 1. The Hall–Kier alpha value is -2.62. The minimum Gasteiger partial charge on any atom is -0.494 e. The molecule has 4 rings (SSSR count). The van der Waals surface area contributed by atoms with Crippen molar-refractivity contribution in [3.63, 3.8) is 0 Å². The molecular weight excluding hydrogens is 544 g/mol. The quantitative estimate of drug-likeness (QED) is 0.338. The predicted octanol–water partition coefficient (Wildman–Crippen LogP) is 5.62. The third-order valence-corrected chi connectivity index (χ3v) is 8.39. The molecule has 0 spiro atoms. The summed E-state index contributed by atoms with van der Waals surface area (Å²) in [5, 5.41) is 2.69. The van der Waals surface area contributed by atoms with Gasteiger partial charge in [0.25, 0.3) is 5.91 Å². The van der Waals surface area contributed by atoms with Gasteiger partial charge in [-0.15, -0.1) is 0 Å². The molecule has 0 radical (unpaired) electrons. The zero-order valence-electron chi connectivity index (χ0n) is 20.3. The first-order chi connectivity index (χ1) is 17.4. The summed E-state index contributed by atoms with van der Waals surface area (Å²) in [6, 6.07) is 17.0. The normalized spacial score (nSPS) is 15.4. The minimum atomic E-state index is -3.86. The fourth-order valence-corrected chi connectivity index (χ4v) is 5.72. The van der Waals surface area contributed by atoms with Gasteiger partial charge in [0.1, 0.15) is 5.75 Å². The van der Waals surface area contributed by atoms with Crippen LogP contribution in [0.3, 0.4) is 0 Å². The van der Waals surface area contributed by atoms with Crippen molar-refractivity contribution in [2.24, 2.45) is 0 Å². The van der Waals surface area contributed by atoms with Crippen molar-refractivity contribution in [3.8, 4) is 5.75 Å². The Morgan fingerprint density at radius 2 is 1.72 bits per heavy atom. The third kappa shape index (κ3) is 6.38. The molecule has 3 aromatic rings. The van der Waals surface area contributed by atoms with E-state index >= 15 is 0 Å². The molecular formula is C27H31BrN2O5S. The average molecular weight is 576 g/mol. The van der Waals surface area contributed by atoms with E-state index in [0.717, 1.165) is 48.1 Å². The Labute approximate surface area is 220 Å². The highest BCUT2D eigenvalue weighted by molar-refractivity contribution is 9.10. The number of nitrogens with zero attached hydrogens (tertiary/aromatic N) is 1. The Morgan fingerprint density at radius 3 is 2.39 bits per heavy atom. The number of ether oxygens (including phenoxy) is 1. The summed E-state index contributed by atoms with van der Waals surface area (Å²) in [6.45, 7) is 5.05. The van der Waals surface area contributed by atoms with E-state index in [4.69, 9.17) is 9.15 Å². The highest BCUT2D eigenvalue weighted by Gasteiger charge is 2.26. The van der Waals surface area contributed by atoms with Gasteiger partial charge >= 0.3 is 0 Å². The number of rotatable bonds is 10. The number of hydrogen-bond acceptors (Lipinski definition) is 6. The number of benzene rings is 2. The number of nitrogens with one attached hydrogen (secondary N) is 1. The average Bonchev–Trinajstić information content (AvgIpc) is 3.41. The van der Waals surface area contributed by atoms with Crippen LogP contribution in [0, 0.1) is 0 Å². The highest BCUT2D eigenvalue weighted by Crippen LogP contribution is 2.27. The highest BCUT2D eigenvalue weighted by atomic mass is 79.9. The van der Waals surface area contributed by atoms with Gasteiger partial charge in [0.2, 0.25) is 14.9 Å². The van der Waals surface area contributed by atoms with Crippen LogP contribution in [0.1, 0.15) is 54.8 Å². The molecule has 0 bridgehead atoms. The predicted molar refractivity (Wildman–Crippen MR) is 141 cm³/mol. The summed E-state index contributed by atoms with van der Waals surface area (Å²) in [5.74, 6) is 0.348. The van der Waals surface area contributed by atoms with Gasteiger partial charge in [0.05, 0.1) is 17.5 Å². The van der Waals surface area contributed by atoms with Gasteiger partial charge in [-0.3, -0.25) is 9.69 Å². The monoisotopic (exact) mass is 574 g/mol. The number of hydrogen-bond donors (Lipinski definition) is 1. The number of carbonyl (C=O) groups excluding carboxylic acids is 1. The first-order valence-corrected chi connectivity index (χ1v) is 14.5. The minimum absolute atomic E-state index is 0.00425. The number of piperidine rings is 1. The van der Waals surface area contributed by atoms with E-state index in [1.807, 2.05) is 24.3 Å². The molecule has 192 valence electrons. The molecule has 1 aliphatic heterocycles. The summed E-state index contributed by atoms with van der Waals surface area (Å²) in [5.41, 5.74) is 1.10. The Morgan fingerprint density at radius 1 is 1.03 bits per heavy atom. The van der Waals surface area contributed by atoms with E-state index in [9.17, 15) is 13.2 Å². The molecule has 1 amide bonds. The SMILES string of the molecule is CCCOc1ccc(C(CNC(=O)c2ccc(S(=O)(=O)c3ccc(Br)cc3)o2)N2CCCCC2)cc1. The summed E-state index contributed by atoms with van der Waals surface area (Å²) >= 11 is 3.30. The molecule has 9 heteroatoms. The largest absolute Gasteiger partial charge is 0.494 e. The van der Waals surface area contributed by atoms with E-state index in [1.54, 1.807) is 12.1 Å². The zero-order valence-corrected chi connectivity index (χ0v) is 22.7. The standard InChI is InChI=1S/C27H31BrN2O5S/c1-2-18-34-22-10-6-20(7-11-22)24(30-16-4-3-5-17-30)19-29-27(31)25-14-15-26(35-25)36(32,33)23-12-8-21(28)9-13-23/h6-15,24H,2-5,16-19H2,1H3,(H,29,31). The van der Waals surface area contributed by atoms with Crippen LogP contribution in [0.15, 0.2) is 79.5 Å². The lowest BCUT2D eigenvalue weighted by atomic mass is 10.0. The maximum absolute atomic E-state index is 12.9. The topological polar surface area (TPSA) is 88.8 Å². The van der Waals surface area contributed by atoms with Gasteiger partial charge in [-0.05, 0) is 86.4 Å². The van der Waals surface area contributed by atoms with Crippen molar-refractivity contribution in [2.75, 3.05) is 26.2 Å². The van der Waals surface area contributed by atoms with Crippen LogP contribution >= 0.6 is 15.9 Å². The van der Waals surface area contributed by atoms with E-state index in [-0.39, 0.29) is 21.8 Å². The van der Waals surface area contributed by atoms with Gasteiger partial charge in [0.15, 0.2) is 5.76 Å². The lowest BCUT2D eigenvalue weighted by Crippen LogP contribution is -2.40. The van der Waals surface area contributed by atoms with Crippen molar-refractivity contribution in [1.82, 2.24) is 10.2 Å². The molecule has 1 saturated heterocycles. The third-order valence-electron chi connectivity index (χ3n) is 6.22. The van der Waals surface area contributed by atoms with Gasteiger partial charge in [-0.25, -0.2) is 8.42 Å². The molecule has 2 aromatic carbocycles. The number of sulfone groups is 1. The number of amides is 1. The first kappa shape index (κ1) is 26.4. The maximum Gasteiger partial charge on any atom is 0.287 e. The van der Waals surface area contributed by atoms with Gasteiger partial charge in [-0.1, -0.05) is 41.4 Å². The van der Waals surface area contributed by atoms with Gasteiger partial charge < -0.3 is 14.5 Å². The van der Waals surface area contributed by atoms with Crippen molar-refractivity contribution in [3.05, 3.63) is 76.5 Å². The van der Waals surface area contributed by atoms with Crippen LogP contribution in [0.4, 0.5) is 0 Å². The van der Waals surface area contributed by atoms with Crippen LogP contribution in [0.2, 0.25) is 0 Å². The molecule has 0 aliphatic carbocycles. The number of carbonyl (C=O) groups is 1. The van der Waals surface area contributed by atoms with E-state index in [0.29, 0.717) is 13.2 Å². The molecule has 36 heavy (non-hydrogen) atoms. The second kappa shape index (κ2) is 12.1. The van der Waals surface area contributed by atoms with Crippen molar-refractivity contribution < 1.29 is 22.4 Å². The second-order valence-corrected chi connectivity index (χ2v) is 11.6. The van der Waals surface area contributed by atoms with Gasteiger partial charge in [0, 0.05) is 11.0 Å². The molecule has 1 unspecified atom stereocenters. The fraction of sp³-hybridized carbons (Fsp3) is 0.370. The van der Waals surface area contributed by atoms with Crippen LogP contribution in [-0.2, 0) is 9.84 Å². The summed E-state index contributed by atoms with van der Waals surface area (Å²) in [4.78, 5) is 15.4. The molecule has 1 aliphatic rings. The van der Waals surface area contributed by atoms with Crippen LogP contribution in [0.5, 0.6) is 5.75 Å². The summed E-state index contributed by atoms with van der Waals surface area (Å²) in [7, 11) is -3.86. The zero-order chi connectivity index (χ0) is 25.5. The van der Waals surface area contributed by atoms with Crippen LogP contribution in [0.25, 0.3) is 0 Å². The summed E-state index contributed by atoms with van der Waals surface area (Å²) in [6.07, 6.45) is 4.40. The molecule has 7 nitrogen and oxygen atoms in total. The maximum atomic E-state index is 12.9. The van der Waals surface area contributed by atoms with E-state index in [2.05, 4.69) is 33.1 Å². The number of furan rings is 1. The molecule has 1 atom stereocenters. The second-order valence-electron chi connectivity index (χ2n) is 8.82. The fourth-order valence-electron chi connectivity index (χ4n) is 4.29. The smallest absolute Gasteiger partial charge is 0.287 e. The van der Waals surface area contributed by atoms with E-state index < -0.39 is 15.7 Å². The lowest BCUT2D eigenvalue weighted by Gasteiger charge is -2.35. The van der Waals surface area contributed by atoms with E-state index in [1.165, 1.54) is 30.7 Å². The molecule has 1 N–H and O–H groups in total.